The van der Waals surface area contributed by atoms with Crippen molar-refractivity contribution in [1.82, 2.24) is 14.3 Å². The smallest absolute Gasteiger partial charge is 0.259 e. The molecule has 0 radical (unpaired) electrons. The Bertz CT molecular complexity index is 457. The van der Waals surface area contributed by atoms with Crippen LogP contribution in [0.2, 0.25) is 0 Å². The highest BCUT2D eigenvalue weighted by Gasteiger charge is 2.24. The zero-order valence-electron chi connectivity index (χ0n) is 10.0. The third kappa shape index (κ3) is 3.50. The van der Waals surface area contributed by atoms with E-state index in [1.54, 1.807) is 6.92 Å². The Balaban J connectivity index is 2.77. The van der Waals surface area contributed by atoms with Crippen LogP contribution in [0, 0.1) is 6.92 Å². The van der Waals surface area contributed by atoms with E-state index in [-0.39, 0.29) is 18.2 Å². The Kier molecular flexibility index (Phi) is 4.63. The number of aromatic nitrogens is 2. The van der Waals surface area contributed by atoms with Crippen LogP contribution in [0.25, 0.3) is 0 Å². The Morgan fingerprint density at radius 3 is 2.76 bits per heavy atom. The molecule has 0 aliphatic carbocycles. The van der Waals surface area contributed by atoms with Crippen molar-refractivity contribution in [2.45, 2.75) is 18.1 Å². The molecule has 0 aliphatic heterocycles. The van der Waals surface area contributed by atoms with Gasteiger partial charge in [0.2, 0.25) is 0 Å². The van der Waals surface area contributed by atoms with Crippen LogP contribution in [0.15, 0.2) is 11.2 Å². The number of imidazole rings is 1. The van der Waals surface area contributed by atoms with E-state index in [0.29, 0.717) is 5.82 Å². The Morgan fingerprint density at radius 1 is 1.65 bits per heavy atom. The number of hydrogen-bond donors (Lipinski definition) is 2. The molecule has 1 rings (SSSR count). The second-order valence-electron chi connectivity index (χ2n) is 3.73. The molecular weight excluding hydrogens is 246 g/mol. The summed E-state index contributed by atoms with van der Waals surface area (Å²) in [5.74, 6) is 0.523. The van der Waals surface area contributed by atoms with E-state index in [0.717, 1.165) is 4.31 Å². The van der Waals surface area contributed by atoms with E-state index in [1.807, 2.05) is 0 Å². The average Bonchev–Trinajstić information content (AvgIpc) is 2.65. The van der Waals surface area contributed by atoms with Crippen molar-refractivity contribution in [1.29, 1.82) is 0 Å². The first-order chi connectivity index (χ1) is 7.87. The van der Waals surface area contributed by atoms with Crippen molar-refractivity contribution in [2.75, 3.05) is 27.3 Å². The van der Waals surface area contributed by atoms with Gasteiger partial charge in [0.15, 0.2) is 5.03 Å². The molecule has 0 bridgehead atoms. The predicted octanol–water partition coefficient (Wildman–Crippen LogP) is -0.654. The van der Waals surface area contributed by atoms with E-state index in [4.69, 9.17) is 4.74 Å². The minimum absolute atomic E-state index is 0.0158. The zero-order valence-corrected chi connectivity index (χ0v) is 10.9. The molecule has 98 valence electrons. The van der Waals surface area contributed by atoms with Gasteiger partial charge in [-0.15, -0.1) is 0 Å². The van der Waals surface area contributed by atoms with Crippen molar-refractivity contribution < 1.29 is 18.3 Å². The first-order valence-corrected chi connectivity index (χ1v) is 6.47. The SMILES string of the molecule is COCC(O)CN(C)S(=O)(=O)c1cnc(C)[nH]1. The van der Waals surface area contributed by atoms with Crippen LogP contribution in [-0.4, -0.2) is 61.2 Å². The fraction of sp³-hybridized carbons (Fsp3) is 0.667. The molecule has 0 fully saturated rings. The summed E-state index contributed by atoms with van der Waals surface area (Å²) in [6.07, 6.45) is 0.396. The van der Waals surface area contributed by atoms with Crippen LogP contribution in [0.3, 0.4) is 0 Å². The Hall–Kier alpha value is -0.960. The number of ether oxygens (including phenoxy) is 1. The first kappa shape index (κ1) is 14.1. The van der Waals surface area contributed by atoms with Crippen molar-refractivity contribution in [3.8, 4) is 0 Å². The van der Waals surface area contributed by atoms with Crippen molar-refractivity contribution in [2.24, 2.45) is 0 Å². The third-order valence-corrected chi connectivity index (χ3v) is 3.93. The van der Waals surface area contributed by atoms with Gasteiger partial charge in [-0.2, -0.15) is 4.31 Å². The summed E-state index contributed by atoms with van der Waals surface area (Å²) < 4.78 is 29.8. The maximum absolute atomic E-state index is 12.0. The van der Waals surface area contributed by atoms with Gasteiger partial charge in [0.25, 0.3) is 10.0 Å². The molecule has 2 N–H and O–H groups in total. The van der Waals surface area contributed by atoms with Crippen molar-refractivity contribution >= 4 is 10.0 Å². The molecule has 0 amide bonds. The number of aryl methyl sites for hydroxylation is 1. The second-order valence-corrected chi connectivity index (χ2v) is 5.74. The normalized spacial score (nSPS) is 14.2. The van der Waals surface area contributed by atoms with Crippen molar-refractivity contribution in [3.05, 3.63) is 12.0 Å². The van der Waals surface area contributed by atoms with Gasteiger partial charge in [-0.3, -0.25) is 0 Å². The lowest BCUT2D eigenvalue weighted by Crippen LogP contribution is -2.36. The molecule has 7 nitrogen and oxygen atoms in total. The molecule has 1 heterocycles. The number of aromatic amines is 1. The number of nitrogens with zero attached hydrogens (tertiary/aromatic N) is 2. The van der Waals surface area contributed by atoms with Gasteiger partial charge in [0.05, 0.1) is 18.9 Å². The van der Waals surface area contributed by atoms with E-state index in [2.05, 4.69) is 9.97 Å². The minimum Gasteiger partial charge on any atom is -0.389 e. The van der Waals surface area contributed by atoms with Crippen LogP contribution < -0.4 is 0 Å². The van der Waals surface area contributed by atoms with Gasteiger partial charge in [-0.05, 0) is 6.92 Å². The molecule has 1 aromatic rings. The summed E-state index contributed by atoms with van der Waals surface area (Å²) in [4.78, 5) is 6.48. The van der Waals surface area contributed by atoms with Gasteiger partial charge in [0, 0.05) is 20.7 Å². The van der Waals surface area contributed by atoms with Gasteiger partial charge in [-0.1, -0.05) is 0 Å². The van der Waals surface area contributed by atoms with E-state index >= 15 is 0 Å². The van der Waals surface area contributed by atoms with Crippen LogP contribution in [0.1, 0.15) is 5.82 Å². The quantitative estimate of drug-likeness (QED) is 0.711. The molecule has 0 spiro atoms. The molecule has 1 aromatic heterocycles. The number of methoxy groups -OCH3 is 1. The highest BCUT2D eigenvalue weighted by Crippen LogP contribution is 2.11. The standard InChI is InChI=1S/C9H17N3O4S/c1-7-10-4-9(11-7)17(14,15)12(2)5-8(13)6-16-3/h4,8,13H,5-6H2,1-3H3,(H,10,11). The summed E-state index contributed by atoms with van der Waals surface area (Å²) in [6, 6.07) is 0. The summed E-state index contributed by atoms with van der Waals surface area (Å²) in [5.41, 5.74) is 0. The third-order valence-electron chi connectivity index (χ3n) is 2.19. The lowest BCUT2D eigenvalue weighted by atomic mass is 10.4. The minimum atomic E-state index is -3.63. The highest BCUT2D eigenvalue weighted by atomic mass is 32.2. The van der Waals surface area contributed by atoms with Crippen LogP contribution in [-0.2, 0) is 14.8 Å². The van der Waals surface area contributed by atoms with Crippen molar-refractivity contribution in [3.63, 3.8) is 0 Å². The summed E-state index contributed by atoms with van der Waals surface area (Å²) in [5, 5.41) is 9.49. The van der Waals surface area contributed by atoms with E-state index < -0.39 is 16.1 Å². The number of aliphatic hydroxyl groups is 1. The maximum atomic E-state index is 12.0. The van der Waals surface area contributed by atoms with Crippen LogP contribution >= 0.6 is 0 Å². The lowest BCUT2D eigenvalue weighted by Gasteiger charge is -2.19. The molecule has 1 unspecified atom stereocenters. The number of nitrogens with one attached hydrogen (secondary N) is 1. The Morgan fingerprint density at radius 2 is 2.29 bits per heavy atom. The molecule has 17 heavy (non-hydrogen) atoms. The molecule has 8 heteroatoms. The predicted molar refractivity (Wildman–Crippen MR) is 61.0 cm³/mol. The average molecular weight is 263 g/mol. The number of aliphatic hydroxyl groups excluding tert-OH is 1. The lowest BCUT2D eigenvalue weighted by molar-refractivity contribution is 0.0554. The van der Waals surface area contributed by atoms with E-state index in [9.17, 15) is 13.5 Å². The molecule has 0 aromatic carbocycles. The van der Waals surface area contributed by atoms with Gasteiger partial charge >= 0.3 is 0 Å². The molecule has 1 atom stereocenters. The van der Waals surface area contributed by atoms with Gasteiger partial charge in [-0.25, -0.2) is 13.4 Å². The largest absolute Gasteiger partial charge is 0.389 e. The molecule has 0 aliphatic rings. The zero-order chi connectivity index (χ0) is 13.1. The molecule has 0 saturated heterocycles. The summed E-state index contributed by atoms with van der Waals surface area (Å²) >= 11 is 0. The topological polar surface area (TPSA) is 95.5 Å². The second kappa shape index (κ2) is 5.58. The number of hydrogen-bond acceptors (Lipinski definition) is 5. The summed E-state index contributed by atoms with van der Waals surface area (Å²) in [6.45, 7) is 1.72. The van der Waals surface area contributed by atoms with Crippen LogP contribution in [0.5, 0.6) is 0 Å². The van der Waals surface area contributed by atoms with Crippen LogP contribution in [0.4, 0.5) is 0 Å². The number of likely N-dealkylation sites (N-methyl/N-ethyl adjacent to an activating group) is 1. The number of H-pyrrole nitrogens is 1. The first-order valence-electron chi connectivity index (χ1n) is 5.03. The number of sulfonamides is 1. The maximum Gasteiger partial charge on any atom is 0.259 e. The van der Waals surface area contributed by atoms with Gasteiger partial charge in [0.1, 0.15) is 5.82 Å². The fourth-order valence-corrected chi connectivity index (χ4v) is 2.50. The van der Waals surface area contributed by atoms with E-state index in [1.165, 1.54) is 20.4 Å². The highest BCUT2D eigenvalue weighted by molar-refractivity contribution is 7.89. The monoisotopic (exact) mass is 263 g/mol. The van der Waals surface area contributed by atoms with Gasteiger partial charge < -0.3 is 14.8 Å². The summed E-state index contributed by atoms with van der Waals surface area (Å²) in [7, 11) is -0.798. The number of rotatable bonds is 6. The molecule has 0 saturated carbocycles. The Labute approximate surface area is 100 Å². The fourth-order valence-electron chi connectivity index (χ4n) is 1.34. The molecular formula is C9H17N3O4S.